The van der Waals surface area contributed by atoms with Crippen molar-refractivity contribution in [1.29, 1.82) is 5.26 Å². The molecule has 5 nitrogen and oxygen atoms in total. The molecule has 0 aliphatic carbocycles. The number of carbonyl (C=O) groups is 2. The van der Waals surface area contributed by atoms with Crippen LogP contribution < -0.4 is 4.74 Å². The summed E-state index contributed by atoms with van der Waals surface area (Å²) in [5.74, 6) is -1.03. The molecule has 0 atom stereocenters. The fourth-order valence-electron chi connectivity index (χ4n) is 1.62. The van der Waals surface area contributed by atoms with Gasteiger partial charge in [0.2, 0.25) is 0 Å². The lowest BCUT2D eigenvalue weighted by atomic mass is 9.99. The molecule has 0 aromatic heterocycles. The fourth-order valence-corrected chi connectivity index (χ4v) is 1.62. The van der Waals surface area contributed by atoms with Crippen LogP contribution in [0.3, 0.4) is 0 Å². The highest BCUT2D eigenvalue weighted by atomic mass is 19.3. The van der Waals surface area contributed by atoms with Crippen LogP contribution in [0.2, 0.25) is 0 Å². The van der Waals surface area contributed by atoms with Crippen LogP contribution in [0, 0.1) is 11.3 Å². The third-order valence-electron chi connectivity index (χ3n) is 2.38. The highest BCUT2D eigenvalue weighted by Gasteiger charge is 2.20. The van der Waals surface area contributed by atoms with Crippen LogP contribution in [-0.2, 0) is 16.0 Å². The summed E-state index contributed by atoms with van der Waals surface area (Å²) in [5.41, 5.74) is -0.268. The van der Waals surface area contributed by atoms with Crippen LogP contribution in [0.25, 0.3) is 0 Å². The van der Waals surface area contributed by atoms with Gasteiger partial charge in [-0.3, -0.25) is 9.59 Å². The molecule has 0 bridgehead atoms. The maximum Gasteiger partial charge on any atom is 0.387 e. The van der Waals surface area contributed by atoms with Crippen molar-refractivity contribution in [3.8, 4) is 11.8 Å². The molecular formula is C13H11F2NO4. The quantitative estimate of drug-likeness (QED) is 0.590. The second kappa shape index (κ2) is 7.19. The van der Waals surface area contributed by atoms with Gasteiger partial charge in [0.25, 0.3) is 0 Å². The van der Waals surface area contributed by atoms with E-state index in [4.69, 9.17) is 10.00 Å². The molecule has 0 radical (unpaired) electrons. The molecule has 0 aliphatic rings. The molecule has 0 saturated heterocycles. The Balaban J connectivity index is 3.28. The van der Waals surface area contributed by atoms with Crippen LogP contribution >= 0.6 is 0 Å². The maximum atomic E-state index is 12.3. The van der Waals surface area contributed by atoms with E-state index in [2.05, 4.69) is 4.74 Å². The zero-order chi connectivity index (χ0) is 15.1. The number of ether oxygens (including phenoxy) is 2. The van der Waals surface area contributed by atoms with E-state index in [1.165, 1.54) is 6.07 Å². The van der Waals surface area contributed by atoms with E-state index in [0.717, 1.165) is 6.07 Å². The van der Waals surface area contributed by atoms with Crippen LogP contribution in [-0.4, -0.2) is 25.5 Å². The second-order valence-corrected chi connectivity index (χ2v) is 3.60. The van der Waals surface area contributed by atoms with Crippen molar-refractivity contribution >= 4 is 12.3 Å². The summed E-state index contributed by atoms with van der Waals surface area (Å²) in [7, 11) is 0. The molecule has 1 aromatic rings. The molecule has 0 N–H and O–H groups in total. The van der Waals surface area contributed by atoms with Gasteiger partial charge < -0.3 is 9.47 Å². The van der Waals surface area contributed by atoms with Gasteiger partial charge in [0, 0.05) is 11.1 Å². The number of benzene rings is 1. The van der Waals surface area contributed by atoms with Gasteiger partial charge >= 0.3 is 12.6 Å². The molecule has 1 aromatic carbocycles. The molecule has 0 unspecified atom stereocenters. The minimum atomic E-state index is -3.11. The van der Waals surface area contributed by atoms with E-state index in [-0.39, 0.29) is 29.0 Å². The van der Waals surface area contributed by atoms with Gasteiger partial charge in [0.1, 0.15) is 11.8 Å². The highest BCUT2D eigenvalue weighted by molar-refractivity contribution is 5.83. The number of nitriles is 1. The number of carbonyl (C=O) groups excluding carboxylic acids is 2. The summed E-state index contributed by atoms with van der Waals surface area (Å²) < 4.78 is 33.6. The Labute approximate surface area is 113 Å². The first-order valence-corrected chi connectivity index (χ1v) is 5.65. The number of esters is 1. The predicted octanol–water partition coefficient (Wildman–Crippen LogP) is 2.08. The summed E-state index contributed by atoms with van der Waals surface area (Å²) >= 11 is 0. The molecular weight excluding hydrogens is 272 g/mol. The normalized spacial score (nSPS) is 9.95. The Morgan fingerprint density at radius 3 is 2.70 bits per heavy atom. The minimum Gasteiger partial charge on any atom is -0.466 e. The van der Waals surface area contributed by atoms with Crippen molar-refractivity contribution in [3.63, 3.8) is 0 Å². The number of hydrogen-bond acceptors (Lipinski definition) is 5. The van der Waals surface area contributed by atoms with Gasteiger partial charge in [-0.15, -0.1) is 0 Å². The maximum absolute atomic E-state index is 12.3. The Morgan fingerprint density at radius 2 is 2.20 bits per heavy atom. The molecule has 0 saturated carbocycles. The van der Waals surface area contributed by atoms with Crippen LogP contribution in [0.15, 0.2) is 12.1 Å². The molecule has 0 spiro atoms. The standard InChI is InChI=1S/C13H11F2NO4/c1-2-19-12(18)5-9-10(6-16)8(7-17)3-4-11(9)20-13(14)15/h3-4,7,13H,2,5H2,1H3. The topological polar surface area (TPSA) is 76.4 Å². The zero-order valence-corrected chi connectivity index (χ0v) is 10.6. The third-order valence-corrected chi connectivity index (χ3v) is 2.38. The molecule has 7 heteroatoms. The summed E-state index contributed by atoms with van der Waals surface area (Å²) in [4.78, 5) is 22.3. The molecule has 0 heterocycles. The third kappa shape index (κ3) is 3.75. The van der Waals surface area contributed by atoms with Crippen molar-refractivity contribution in [2.45, 2.75) is 20.0 Å². The van der Waals surface area contributed by atoms with Crippen molar-refractivity contribution < 1.29 is 27.8 Å². The molecule has 20 heavy (non-hydrogen) atoms. The second-order valence-electron chi connectivity index (χ2n) is 3.60. The zero-order valence-electron chi connectivity index (χ0n) is 10.6. The number of rotatable bonds is 6. The Bertz CT molecular complexity index is 552. The summed E-state index contributed by atoms with van der Waals surface area (Å²) in [6.45, 7) is -1.41. The summed E-state index contributed by atoms with van der Waals surface area (Å²) in [6.07, 6.45) is -0.0279. The Hall–Kier alpha value is -2.49. The van der Waals surface area contributed by atoms with Crippen molar-refractivity contribution in [2.75, 3.05) is 6.61 Å². The summed E-state index contributed by atoms with van der Waals surface area (Å²) in [5, 5.41) is 9.03. The number of nitrogens with zero attached hydrogens (tertiary/aromatic N) is 1. The van der Waals surface area contributed by atoms with Crippen molar-refractivity contribution in [1.82, 2.24) is 0 Å². The van der Waals surface area contributed by atoms with Gasteiger partial charge in [-0.1, -0.05) is 0 Å². The highest BCUT2D eigenvalue weighted by Crippen LogP contribution is 2.27. The largest absolute Gasteiger partial charge is 0.466 e. The number of aldehydes is 1. The Kier molecular flexibility index (Phi) is 5.59. The van der Waals surface area contributed by atoms with E-state index in [9.17, 15) is 18.4 Å². The lowest BCUT2D eigenvalue weighted by molar-refractivity contribution is -0.142. The first-order valence-electron chi connectivity index (χ1n) is 5.65. The molecule has 0 aliphatic heterocycles. The molecule has 0 fully saturated rings. The molecule has 1 rings (SSSR count). The van der Waals surface area contributed by atoms with Gasteiger partial charge in [0.15, 0.2) is 6.29 Å². The van der Waals surface area contributed by atoms with Crippen molar-refractivity contribution in [2.24, 2.45) is 0 Å². The lowest BCUT2D eigenvalue weighted by Gasteiger charge is -2.13. The lowest BCUT2D eigenvalue weighted by Crippen LogP contribution is -2.13. The van der Waals surface area contributed by atoms with Gasteiger partial charge in [-0.05, 0) is 19.1 Å². The van der Waals surface area contributed by atoms with Crippen LogP contribution in [0.4, 0.5) is 8.78 Å². The van der Waals surface area contributed by atoms with E-state index in [1.807, 2.05) is 0 Å². The first-order chi connectivity index (χ1) is 9.53. The molecule has 106 valence electrons. The summed E-state index contributed by atoms with van der Waals surface area (Å²) in [6, 6.07) is 4.01. The van der Waals surface area contributed by atoms with Gasteiger partial charge in [0.05, 0.1) is 18.6 Å². The number of hydrogen-bond donors (Lipinski definition) is 0. The number of alkyl halides is 2. The van der Waals surface area contributed by atoms with Crippen LogP contribution in [0.1, 0.15) is 28.4 Å². The van der Waals surface area contributed by atoms with Gasteiger partial charge in [-0.25, -0.2) is 0 Å². The molecule has 0 amide bonds. The number of halogens is 2. The van der Waals surface area contributed by atoms with E-state index in [0.29, 0.717) is 6.29 Å². The Morgan fingerprint density at radius 1 is 1.50 bits per heavy atom. The minimum absolute atomic E-state index is 0.00610. The average Bonchev–Trinajstić information content (AvgIpc) is 2.40. The van der Waals surface area contributed by atoms with Crippen LogP contribution in [0.5, 0.6) is 5.75 Å². The van der Waals surface area contributed by atoms with E-state index < -0.39 is 19.0 Å². The van der Waals surface area contributed by atoms with E-state index >= 15 is 0 Å². The fraction of sp³-hybridized carbons (Fsp3) is 0.308. The predicted molar refractivity (Wildman–Crippen MR) is 63.5 cm³/mol. The van der Waals surface area contributed by atoms with Gasteiger partial charge in [-0.2, -0.15) is 14.0 Å². The van der Waals surface area contributed by atoms with E-state index in [1.54, 1.807) is 13.0 Å². The average molecular weight is 283 g/mol. The monoisotopic (exact) mass is 283 g/mol. The van der Waals surface area contributed by atoms with Crippen molar-refractivity contribution in [3.05, 3.63) is 28.8 Å². The smallest absolute Gasteiger partial charge is 0.387 e. The SMILES string of the molecule is CCOC(=O)Cc1c(OC(F)F)ccc(C=O)c1C#N. The first kappa shape index (κ1) is 15.6.